The van der Waals surface area contributed by atoms with E-state index >= 15 is 0 Å². The maximum absolute atomic E-state index is 12.5. The first-order chi connectivity index (χ1) is 12.4. The van der Waals surface area contributed by atoms with Crippen molar-refractivity contribution in [3.63, 3.8) is 0 Å². The summed E-state index contributed by atoms with van der Waals surface area (Å²) in [6.45, 7) is 4.11. The van der Waals surface area contributed by atoms with E-state index in [2.05, 4.69) is 60.6 Å². The molecule has 0 amide bonds. The number of benzene rings is 2. The largest absolute Gasteiger partial charge is 0.364 e. The van der Waals surface area contributed by atoms with Crippen molar-refractivity contribution in [1.29, 1.82) is 0 Å². The molecule has 5 nitrogen and oxygen atoms in total. The Bertz CT molecular complexity index is 963. The van der Waals surface area contributed by atoms with Gasteiger partial charge < -0.3 is 10.2 Å². The molecule has 0 aliphatic carbocycles. The summed E-state index contributed by atoms with van der Waals surface area (Å²) in [5.41, 5.74) is 2.14. The fraction of sp³-hybridized carbons (Fsp3) is 0.333. The Morgan fingerprint density at radius 3 is 2.42 bits per heavy atom. The lowest BCUT2D eigenvalue weighted by atomic mass is 9.99. The molecule has 0 radical (unpaired) electrons. The normalized spacial score (nSPS) is 13.8. The Balaban J connectivity index is 2.04. The average Bonchev–Trinajstić information content (AvgIpc) is 2.60. The van der Waals surface area contributed by atoms with Crippen LogP contribution in [0.5, 0.6) is 0 Å². The molecular formula is C21H26N4O. The number of likely N-dealkylation sites (N-methyl/N-ethyl adjacent to an activating group) is 1. The Kier molecular flexibility index (Phi) is 5.09. The lowest BCUT2D eigenvalue weighted by Gasteiger charge is -2.31. The number of rotatable bonds is 5. The third-order valence-electron chi connectivity index (χ3n) is 4.82. The number of hydrogen-bond acceptors (Lipinski definition) is 4. The van der Waals surface area contributed by atoms with Gasteiger partial charge >= 0.3 is 0 Å². The van der Waals surface area contributed by atoms with Crippen molar-refractivity contribution in [2.24, 2.45) is 7.05 Å². The summed E-state index contributed by atoms with van der Waals surface area (Å²) >= 11 is 0. The summed E-state index contributed by atoms with van der Waals surface area (Å²) in [5, 5.41) is 9.63. The van der Waals surface area contributed by atoms with Gasteiger partial charge in [0.15, 0.2) is 5.82 Å². The van der Waals surface area contributed by atoms with Gasteiger partial charge in [0.05, 0.1) is 11.4 Å². The van der Waals surface area contributed by atoms with Crippen molar-refractivity contribution < 1.29 is 0 Å². The topological polar surface area (TPSA) is 50.2 Å². The minimum atomic E-state index is -0.0662. The van der Waals surface area contributed by atoms with Crippen LogP contribution in [0.3, 0.4) is 0 Å². The molecule has 0 bridgehead atoms. The van der Waals surface area contributed by atoms with Crippen molar-refractivity contribution in [2.45, 2.75) is 25.9 Å². The van der Waals surface area contributed by atoms with Gasteiger partial charge in [-0.3, -0.25) is 4.79 Å². The number of anilines is 1. The molecular weight excluding hydrogens is 324 g/mol. The number of aromatic nitrogens is 2. The molecule has 0 spiro atoms. The van der Waals surface area contributed by atoms with Crippen LogP contribution in [-0.4, -0.2) is 34.8 Å². The van der Waals surface area contributed by atoms with Gasteiger partial charge in [0, 0.05) is 18.5 Å². The maximum atomic E-state index is 12.5. The molecule has 136 valence electrons. The number of aryl methyl sites for hydroxylation is 2. The Morgan fingerprint density at radius 1 is 1.08 bits per heavy atom. The van der Waals surface area contributed by atoms with Gasteiger partial charge in [-0.25, -0.2) is 4.68 Å². The Morgan fingerprint density at radius 2 is 1.77 bits per heavy atom. The zero-order chi connectivity index (χ0) is 18.8. The van der Waals surface area contributed by atoms with Crippen molar-refractivity contribution in [2.75, 3.05) is 19.4 Å². The van der Waals surface area contributed by atoms with Crippen LogP contribution in [0.1, 0.15) is 24.1 Å². The summed E-state index contributed by atoms with van der Waals surface area (Å²) in [4.78, 5) is 14.7. The van der Waals surface area contributed by atoms with Gasteiger partial charge in [-0.1, -0.05) is 48.5 Å². The molecule has 3 rings (SSSR count). The van der Waals surface area contributed by atoms with E-state index in [1.807, 2.05) is 31.2 Å². The second-order valence-electron chi connectivity index (χ2n) is 7.03. The monoisotopic (exact) mass is 350 g/mol. The van der Waals surface area contributed by atoms with Crippen LogP contribution in [0.4, 0.5) is 5.82 Å². The molecule has 0 aliphatic heterocycles. The molecule has 0 fully saturated rings. The Labute approximate surface area is 154 Å². The molecule has 26 heavy (non-hydrogen) atoms. The van der Waals surface area contributed by atoms with E-state index in [4.69, 9.17) is 0 Å². The second-order valence-corrected chi connectivity index (χ2v) is 7.03. The van der Waals surface area contributed by atoms with Crippen molar-refractivity contribution >= 4 is 16.6 Å². The van der Waals surface area contributed by atoms with Crippen LogP contribution in [0.25, 0.3) is 10.8 Å². The number of fused-ring (bicyclic) bond motifs is 1. The predicted molar refractivity (Wildman–Crippen MR) is 108 cm³/mol. The van der Waals surface area contributed by atoms with E-state index in [1.54, 1.807) is 7.05 Å². The van der Waals surface area contributed by atoms with Crippen LogP contribution in [0.15, 0.2) is 53.3 Å². The molecule has 0 unspecified atom stereocenters. The van der Waals surface area contributed by atoms with Gasteiger partial charge in [0.25, 0.3) is 5.56 Å². The first-order valence-corrected chi connectivity index (χ1v) is 8.84. The Hall–Kier alpha value is -2.66. The fourth-order valence-corrected chi connectivity index (χ4v) is 3.65. The summed E-state index contributed by atoms with van der Waals surface area (Å²) < 4.78 is 1.41. The molecule has 3 aromatic rings. The van der Waals surface area contributed by atoms with E-state index in [9.17, 15) is 4.79 Å². The van der Waals surface area contributed by atoms with Crippen LogP contribution in [0, 0.1) is 6.92 Å². The number of nitrogens with zero attached hydrogens (tertiary/aromatic N) is 3. The summed E-state index contributed by atoms with van der Waals surface area (Å²) in [6, 6.07) is 16.6. The van der Waals surface area contributed by atoms with E-state index in [0.29, 0.717) is 0 Å². The van der Waals surface area contributed by atoms with E-state index in [-0.39, 0.29) is 17.6 Å². The SMILES string of the molecule is Cc1cccc2c(N[C@H](C)[C@@H](c3ccccc3)N(C)C)nn(C)c(=O)c12. The third kappa shape index (κ3) is 3.35. The van der Waals surface area contributed by atoms with Crippen LogP contribution < -0.4 is 10.9 Å². The van der Waals surface area contributed by atoms with Gasteiger partial charge in [0.2, 0.25) is 0 Å². The van der Waals surface area contributed by atoms with E-state index in [1.165, 1.54) is 10.2 Å². The minimum absolute atomic E-state index is 0.0662. The van der Waals surface area contributed by atoms with Crippen molar-refractivity contribution in [3.05, 3.63) is 70.0 Å². The minimum Gasteiger partial charge on any atom is -0.364 e. The number of hydrogen-bond donors (Lipinski definition) is 1. The smallest absolute Gasteiger partial charge is 0.274 e. The molecule has 5 heteroatoms. The van der Waals surface area contributed by atoms with Gasteiger partial charge in [-0.2, -0.15) is 5.10 Å². The zero-order valence-electron chi connectivity index (χ0n) is 16.0. The first kappa shape index (κ1) is 18.1. The molecule has 1 aromatic heterocycles. The maximum Gasteiger partial charge on any atom is 0.274 e. The molecule has 0 aliphatic rings. The van der Waals surface area contributed by atoms with Gasteiger partial charge in [-0.05, 0) is 39.1 Å². The van der Waals surface area contributed by atoms with Crippen LogP contribution >= 0.6 is 0 Å². The number of nitrogens with one attached hydrogen (secondary N) is 1. The van der Waals surface area contributed by atoms with Gasteiger partial charge in [-0.15, -0.1) is 0 Å². The molecule has 2 atom stereocenters. The zero-order valence-corrected chi connectivity index (χ0v) is 16.0. The fourth-order valence-electron chi connectivity index (χ4n) is 3.65. The molecule has 1 N–H and O–H groups in total. The lowest BCUT2D eigenvalue weighted by Crippen LogP contribution is -2.35. The quantitative estimate of drug-likeness (QED) is 0.767. The molecule has 1 heterocycles. The van der Waals surface area contributed by atoms with E-state index < -0.39 is 0 Å². The van der Waals surface area contributed by atoms with Crippen molar-refractivity contribution in [1.82, 2.24) is 14.7 Å². The summed E-state index contributed by atoms with van der Waals surface area (Å²) in [6.07, 6.45) is 0. The highest BCUT2D eigenvalue weighted by Crippen LogP contribution is 2.27. The first-order valence-electron chi connectivity index (χ1n) is 8.84. The average molecular weight is 350 g/mol. The standard InChI is InChI=1S/C21H26N4O/c1-14-10-9-13-17-18(14)21(26)25(5)23-20(17)22-15(2)19(24(3)4)16-11-7-6-8-12-16/h6-13,15,19H,1-5H3,(H,22,23)/t15-,19+/m1/s1. The second kappa shape index (κ2) is 7.30. The van der Waals surface area contributed by atoms with Gasteiger partial charge in [0.1, 0.15) is 0 Å². The molecule has 2 aromatic carbocycles. The van der Waals surface area contributed by atoms with Crippen LogP contribution in [0.2, 0.25) is 0 Å². The van der Waals surface area contributed by atoms with Crippen LogP contribution in [-0.2, 0) is 7.05 Å². The highest BCUT2D eigenvalue weighted by Gasteiger charge is 2.23. The predicted octanol–water partition coefficient (Wildman–Crippen LogP) is 3.35. The lowest BCUT2D eigenvalue weighted by molar-refractivity contribution is 0.275. The van der Waals surface area contributed by atoms with Crippen molar-refractivity contribution in [3.8, 4) is 0 Å². The highest BCUT2D eigenvalue weighted by atomic mass is 16.1. The third-order valence-corrected chi connectivity index (χ3v) is 4.82. The highest BCUT2D eigenvalue weighted by molar-refractivity contribution is 5.93. The molecule has 0 saturated heterocycles. The summed E-state index contributed by atoms with van der Waals surface area (Å²) in [5.74, 6) is 0.737. The molecule has 0 saturated carbocycles. The summed E-state index contributed by atoms with van der Waals surface area (Å²) in [7, 11) is 5.85. The van der Waals surface area contributed by atoms with E-state index in [0.717, 1.165) is 22.2 Å².